The molecule has 0 bridgehead atoms. The van der Waals surface area contributed by atoms with E-state index in [1.165, 1.54) is 0 Å². The van der Waals surface area contributed by atoms with Crippen LogP contribution in [0.1, 0.15) is 22.3 Å². The quantitative estimate of drug-likeness (QED) is 0.451. The van der Waals surface area contributed by atoms with E-state index in [9.17, 15) is 4.79 Å². The van der Waals surface area contributed by atoms with Crippen LogP contribution in [0.5, 0.6) is 5.88 Å². The number of amides is 1. The zero-order valence-corrected chi connectivity index (χ0v) is 19.3. The van der Waals surface area contributed by atoms with Gasteiger partial charge in [-0.1, -0.05) is 0 Å². The summed E-state index contributed by atoms with van der Waals surface area (Å²) < 4.78 is 11.8. The number of rotatable bonds is 6. The molecule has 1 aromatic carbocycles. The highest BCUT2D eigenvalue weighted by Crippen LogP contribution is 2.35. The topological polar surface area (TPSA) is 105 Å². The molecule has 1 amide bonds. The van der Waals surface area contributed by atoms with E-state index in [2.05, 4.69) is 15.3 Å². The second-order valence-corrected chi connectivity index (χ2v) is 8.47. The molecule has 0 spiro atoms. The van der Waals surface area contributed by atoms with E-state index in [4.69, 9.17) is 19.4 Å². The number of benzene rings is 1. The van der Waals surface area contributed by atoms with Crippen molar-refractivity contribution in [1.82, 2.24) is 24.8 Å². The van der Waals surface area contributed by atoms with Crippen LogP contribution in [0.2, 0.25) is 0 Å². The van der Waals surface area contributed by atoms with Crippen LogP contribution in [-0.4, -0.2) is 64.2 Å². The number of hydrogen-bond acceptors (Lipinski definition) is 7. The Morgan fingerprint density at radius 1 is 1.21 bits per heavy atom. The van der Waals surface area contributed by atoms with E-state index >= 15 is 0 Å². The number of carbonyl (C=O) groups excluding carboxylic acids is 1. The van der Waals surface area contributed by atoms with Crippen LogP contribution < -0.4 is 10.1 Å². The summed E-state index contributed by atoms with van der Waals surface area (Å²) >= 11 is 0. The molecule has 0 unspecified atom stereocenters. The Morgan fingerprint density at radius 2 is 2.03 bits per heavy atom. The lowest BCUT2D eigenvalue weighted by atomic mass is 10.1. The summed E-state index contributed by atoms with van der Waals surface area (Å²) in [6, 6.07) is 9.39. The van der Waals surface area contributed by atoms with Crippen LogP contribution in [-0.2, 0) is 4.74 Å². The molecular formula is C25H26N6O3. The lowest BCUT2D eigenvalue weighted by molar-refractivity contribution is 0.0827. The fraction of sp³-hybridized carbons (Fsp3) is 0.280. The van der Waals surface area contributed by atoms with Gasteiger partial charge in [0.15, 0.2) is 0 Å². The molecule has 3 aromatic heterocycles. The van der Waals surface area contributed by atoms with Gasteiger partial charge in [-0.3, -0.25) is 9.78 Å². The van der Waals surface area contributed by atoms with Crippen LogP contribution >= 0.6 is 0 Å². The van der Waals surface area contributed by atoms with E-state index in [1.54, 1.807) is 37.5 Å². The van der Waals surface area contributed by atoms with Crippen molar-refractivity contribution < 1.29 is 14.3 Å². The van der Waals surface area contributed by atoms with Crippen molar-refractivity contribution >= 4 is 28.6 Å². The van der Waals surface area contributed by atoms with Crippen LogP contribution in [0, 0.1) is 6.92 Å². The first kappa shape index (κ1) is 21.8. The Balaban J connectivity index is 1.53. The number of anilines is 2. The third-order valence-corrected chi connectivity index (χ3v) is 5.78. The van der Waals surface area contributed by atoms with Crippen molar-refractivity contribution in [1.29, 1.82) is 0 Å². The van der Waals surface area contributed by atoms with Gasteiger partial charge in [0.2, 0.25) is 11.8 Å². The van der Waals surface area contributed by atoms with E-state index < -0.39 is 0 Å². The van der Waals surface area contributed by atoms with Crippen LogP contribution in [0.3, 0.4) is 0 Å². The minimum atomic E-state index is -0.0656. The summed E-state index contributed by atoms with van der Waals surface area (Å²) in [6.07, 6.45) is 6.16. The van der Waals surface area contributed by atoms with Gasteiger partial charge in [-0.05, 0) is 48.4 Å². The number of ether oxygens (including phenoxy) is 2. The number of fused-ring (bicyclic) bond motifs is 1. The largest absolute Gasteiger partial charge is 0.471 e. The van der Waals surface area contributed by atoms with Gasteiger partial charge in [0.1, 0.15) is 11.8 Å². The molecule has 0 aliphatic carbocycles. The standard InChI is InChI=1S/C25H26N6O3/c1-15-12-17(24(32)31(2)3)4-5-20(15)28-25-29-22-21(23(30-25)34-18-8-11-33-14-18)19(13-27-22)16-6-9-26-10-7-16/h4-7,9-10,12-13,18H,8,11,14H2,1-3H3,(H2,27,28,29,30)/t18-/m0/s1. The van der Waals surface area contributed by atoms with Gasteiger partial charge in [0, 0.05) is 55.9 Å². The first-order chi connectivity index (χ1) is 16.5. The Morgan fingerprint density at radius 3 is 2.74 bits per heavy atom. The Hall–Kier alpha value is -3.98. The average molecular weight is 459 g/mol. The molecule has 4 heterocycles. The highest BCUT2D eigenvalue weighted by molar-refractivity contribution is 5.98. The predicted molar refractivity (Wildman–Crippen MR) is 129 cm³/mol. The van der Waals surface area contributed by atoms with Crippen LogP contribution in [0.4, 0.5) is 11.6 Å². The van der Waals surface area contributed by atoms with Crippen molar-refractivity contribution in [3.63, 3.8) is 0 Å². The second kappa shape index (κ2) is 9.11. The smallest absolute Gasteiger partial charge is 0.253 e. The first-order valence-electron chi connectivity index (χ1n) is 11.1. The lowest BCUT2D eigenvalue weighted by Gasteiger charge is -2.15. The molecule has 9 nitrogen and oxygen atoms in total. The Bertz CT molecular complexity index is 1330. The number of aromatic amines is 1. The molecule has 34 heavy (non-hydrogen) atoms. The second-order valence-electron chi connectivity index (χ2n) is 8.47. The summed E-state index contributed by atoms with van der Waals surface area (Å²) in [5.41, 5.74) is 4.95. The maximum atomic E-state index is 12.3. The Kier molecular flexibility index (Phi) is 5.85. The molecule has 1 aliphatic rings. The molecule has 1 aliphatic heterocycles. The highest BCUT2D eigenvalue weighted by Gasteiger charge is 2.23. The van der Waals surface area contributed by atoms with Gasteiger partial charge in [-0.2, -0.15) is 9.97 Å². The molecule has 0 saturated carbocycles. The van der Waals surface area contributed by atoms with E-state index in [0.29, 0.717) is 36.3 Å². The number of pyridine rings is 1. The maximum absolute atomic E-state index is 12.3. The molecule has 1 saturated heterocycles. The maximum Gasteiger partial charge on any atom is 0.253 e. The van der Waals surface area contributed by atoms with E-state index in [-0.39, 0.29) is 12.0 Å². The molecule has 174 valence electrons. The molecule has 0 radical (unpaired) electrons. The predicted octanol–water partition coefficient (Wildman–Crippen LogP) is 3.94. The number of nitrogens with zero attached hydrogens (tertiary/aromatic N) is 4. The molecule has 2 N–H and O–H groups in total. The number of aryl methyl sites for hydroxylation is 1. The summed E-state index contributed by atoms with van der Waals surface area (Å²) in [6.45, 7) is 3.14. The molecular weight excluding hydrogens is 432 g/mol. The summed E-state index contributed by atoms with van der Waals surface area (Å²) in [7, 11) is 3.47. The molecule has 1 fully saturated rings. The fourth-order valence-electron chi connectivity index (χ4n) is 3.98. The minimum absolute atomic E-state index is 0.0446. The molecule has 5 rings (SSSR count). The molecule has 4 aromatic rings. The fourth-order valence-corrected chi connectivity index (χ4v) is 3.98. The van der Waals surface area contributed by atoms with Gasteiger partial charge in [-0.15, -0.1) is 0 Å². The summed E-state index contributed by atoms with van der Waals surface area (Å²) in [5, 5.41) is 4.10. The normalized spacial score (nSPS) is 15.4. The van der Waals surface area contributed by atoms with Crippen molar-refractivity contribution in [3.05, 3.63) is 60.0 Å². The number of aromatic nitrogens is 4. The first-order valence-corrected chi connectivity index (χ1v) is 11.1. The Labute approximate surface area is 197 Å². The van der Waals surface area contributed by atoms with Crippen molar-refractivity contribution in [3.8, 4) is 17.0 Å². The van der Waals surface area contributed by atoms with Crippen LogP contribution in [0.15, 0.2) is 48.9 Å². The van der Waals surface area contributed by atoms with Crippen molar-refractivity contribution in [2.24, 2.45) is 0 Å². The van der Waals surface area contributed by atoms with Gasteiger partial charge in [0.25, 0.3) is 5.91 Å². The highest BCUT2D eigenvalue weighted by atomic mass is 16.5. The third kappa shape index (κ3) is 4.29. The SMILES string of the molecule is Cc1cc(C(=O)N(C)C)ccc1Nc1nc(O[C@H]2CCOC2)c2c(-c3ccncc3)c[nH]c2n1. The van der Waals surface area contributed by atoms with Gasteiger partial charge < -0.3 is 24.7 Å². The van der Waals surface area contributed by atoms with E-state index in [0.717, 1.165) is 34.2 Å². The summed E-state index contributed by atoms with van der Waals surface area (Å²) in [4.78, 5) is 30.6. The summed E-state index contributed by atoms with van der Waals surface area (Å²) in [5.74, 6) is 0.851. The average Bonchev–Trinajstić information content (AvgIpc) is 3.50. The lowest BCUT2D eigenvalue weighted by Crippen LogP contribution is -2.21. The van der Waals surface area contributed by atoms with Crippen LogP contribution in [0.25, 0.3) is 22.2 Å². The van der Waals surface area contributed by atoms with Crippen molar-refractivity contribution in [2.45, 2.75) is 19.4 Å². The van der Waals surface area contributed by atoms with Gasteiger partial charge in [0.05, 0.1) is 18.6 Å². The minimum Gasteiger partial charge on any atom is -0.471 e. The van der Waals surface area contributed by atoms with Gasteiger partial charge >= 0.3 is 0 Å². The zero-order chi connectivity index (χ0) is 23.7. The number of hydrogen-bond donors (Lipinski definition) is 2. The monoisotopic (exact) mass is 458 g/mol. The number of nitrogens with one attached hydrogen (secondary N) is 2. The third-order valence-electron chi connectivity index (χ3n) is 5.78. The zero-order valence-electron chi connectivity index (χ0n) is 19.3. The number of H-pyrrole nitrogens is 1. The molecule has 1 atom stereocenters. The van der Waals surface area contributed by atoms with Gasteiger partial charge in [-0.25, -0.2) is 0 Å². The molecule has 9 heteroatoms. The van der Waals surface area contributed by atoms with E-state index in [1.807, 2.05) is 37.4 Å². The number of carbonyl (C=O) groups is 1. The van der Waals surface area contributed by atoms with Crippen molar-refractivity contribution in [2.75, 3.05) is 32.6 Å².